The molecule has 0 unspecified atom stereocenters. The van der Waals surface area contributed by atoms with Crippen molar-refractivity contribution < 1.29 is 4.63 Å². The molecule has 0 saturated carbocycles. The summed E-state index contributed by atoms with van der Waals surface area (Å²) in [5.41, 5.74) is 4.03. The second kappa shape index (κ2) is 5.54. The minimum atomic E-state index is 0.648. The fourth-order valence-corrected chi connectivity index (χ4v) is 1.66. The van der Waals surface area contributed by atoms with Gasteiger partial charge in [0.05, 0.1) is 5.69 Å². The third-order valence-corrected chi connectivity index (χ3v) is 2.70. The lowest BCUT2D eigenvalue weighted by Gasteiger charge is -2.06. The first-order chi connectivity index (χ1) is 8.31. The monoisotopic (exact) mass is 232 g/mol. The van der Waals surface area contributed by atoms with Crippen LogP contribution in [0, 0.1) is 6.92 Å². The molecule has 0 aliphatic heterocycles. The van der Waals surface area contributed by atoms with E-state index < -0.39 is 0 Å². The van der Waals surface area contributed by atoms with E-state index in [-0.39, 0.29) is 0 Å². The maximum atomic E-state index is 4.64. The molecule has 0 saturated heterocycles. The van der Waals surface area contributed by atoms with Crippen molar-refractivity contribution >= 4 is 0 Å². The molecule has 0 aromatic carbocycles. The number of aromatic nitrogens is 3. The number of nitrogens with one attached hydrogen (secondary N) is 1. The van der Waals surface area contributed by atoms with E-state index in [0.29, 0.717) is 6.54 Å². The first-order valence-electron chi connectivity index (χ1n) is 5.72. The molecular formula is C12H16N4O. The van der Waals surface area contributed by atoms with Crippen LogP contribution in [-0.4, -0.2) is 15.3 Å². The minimum Gasteiger partial charge on any atom is -0.305 e. The van der Waals surface area contributed by atoms with E-state index >= 15 is 0 Å². The van der Waals surface area contributed by atoms with Gasteiger partial charge in [0, 0.05) is 19.3 Å². The average molecular weight is 232 g/mol. The third-order valence-electron chi connectivity index (χ3n) is 2.70. The standard InChI is InChI=1S/C12H16N4O/c1-3-10-5-4-6-14-12(10)8-13-7-11-9(2)15-17-16-11/h4-6,13H,3,7-8H2,1-2H3. The molecule has 0 amide bonds. The van der Waals surface area contributed by atoms with Crippen LogP contribution in [0.5, 0.6) is 0 Å². The Morgan fingerprint density at radius 2 is 2.06 bits per heavy atom. The van der Waals surface area contributed by atoms with Gasteiger partial charge in [0.2, 0.25) is 0 Å². The van der Waals surface area contributed by atoms with Crippen LogP contribution in [0.15, 0.2) is 23.0 Å². The van der Waals surface area contributed by atoms with E-state index in [2.05, 4.69) is 38.2 Å². The predicted octanol–water partition coefficient (Wildman–Crippen LogP) is 1.63. The van der Waals surface area contributed by atoms with Crippen molar-refractivity contribution in [2.45, 2.75) is 33.4 Å². The van der Waals surface area contributed by atoms with Crippen molar-refractivity contribution in [2.24, 2.45) is 0 Å². The zero-order valence-electron chi connectivity index (χ0n) is 10.1. The number of hydrogen-bond donors (Lipinski definition) is 1. The van der Waals surface area contributed by atoms with E-state index in [9.17, 15) is 0 Å². The molecule has 0 bridgehead atoms. The molecule has 17 heavy (non-hydrogen) atoms. The molecule has 0 atom stereocenters. The minimum absolute atomic E-state index is 0.648. The Hall–Kier alpha value is -1.75. The lowest BCUT2D eigenvalue weighted by atomic mass is 10.1. The topological polar surface area (TPSA) is 63.8 Å². The molecule has 2 heterocycles. The van der Waals surface area contributed by atoms with Crippen LogP contribution in [0.2, 0.25) is 0 Å². The molecule has 5 nitrogen and oxygen atoms in total. The number of hydrogen-bond acceptors (Lipinski definition) is 5. The number of aryl methyl sites for hydroxylation is 2. The molecule has 0 fully saturated rings. The van der Waals surface area contributed by atoms with Crippen LogP contribution >= 0.6 is 0 Å². The second-order valence-electron chi connectivity index (χ2n) is 3.86. The van der Waals surface area contributed by atoms with Crippen LogP contribution in [0.3, 0.4) is 0 Å². The third kappa shape index (κ3) is 2.88. The van der Waals surface area contributed by atoms with Gasteiger partial charge in [0.15, 0.2) is 0 Å². The molecule has 1 N–H and O–H groups in total. The Morgan fingerprint density at radius 1 is 1.24 bits per heavy atom. The highest BCUT2D eigenvalue weighted by Crippen LogP contribution is 2.06. The number of nitrogens with zero attached hydrogens (tertiary/aromatic N) is 3. The van der Waals surface area contributed by atoms with Gasteiger partial charge in [-0.2, -0.15) is 0 Å². The van der Waals surface area contributed by atoms with Gasteiger partial charge in [-0.3, -0.25) is 4.98 Å². The van der Waals surface area contributed by atoms with Gasteiger partial charge in [-0.1, -0.05) is 23.3 Å². The predicted molar refractivity (Wildman–Crippen MR) is 63.2 cm³/mol. The highest BCUT2D eigenvalue weighted by Gasteiger charge is 2.05. The highest BCUT2D eigenvalue weighted by molar-refractivity contribution is 5.19. The lowest BCUT2D eigenvalue weighted by molar-refractivity contribution is 0.300. The van der Waals surface area contributed by atoms with E-state index in [0.717, 1.165) is 30.0 Å². The zero-order valence-corrected chi connectivity index (χ0v) is 10.1. The quantitative estimate of drug-likeness (QED) is 0.848. The molecular weight excluding hydrogens is 216 g/mol. The van der Waals surface area contributed by atoms with E-state index in [1.54, 1.807) is 0 Å². The molecule has 0 aliphatic carbocycles. The highest BCUT2D eigenvalue weighted by atomic mass is 16.6. The Balaban J connectivity index is 1.92. The molecule has 2 rings (SSSR count). The Morgan fingerprint density at radius 3 is 2.76 bits per heavy atom. The summed E-state index contributed by atoms with van der Waals surface area (Å²) in [7, 11) is 0. The summed E-state index contributed by atoms with van der Waals surface area (Å²) >= 11 is 0. The van der Waals surface area contributed by atoms with Gasteiger partial charge >= 0.3 is 0 Å². The number of pyridine rings is 1. The van der Waals surface area contributed by atoms with Crippen LogP contribution < -0.4 is 5.32 Å². The summed E-state index contributed by atoms with van der Waals surface area (Å²) in [6, 6.07) is 4.07. The van der Waals surface area contributed by atoms with E-state index in [1.165, 1.54) is 5.56 Å². The molecule has 5 heteroatoms. The van der Waals surface area contributed by atoms with Gasteiger partial charge < -0.3 is 5.32 Å². The maximum Gasteiger partial charge on any atom is 0.121 e. The zero-order chi connectivity index (χ0) is 12.1. The average Bonchev–Trinajstić information content (AvgIpc) is 2.76. The summed E-state index contributed by atoms with van der Waals surface area (Å²) in [6.07, 6.45) is 2.81. The van der Waals surface area contributed by atoms with Crippen LogP contribution in [-0.2, 0) is 19.5 Å². The Bertz CT molecular complexity index is 481. The van der Waals surface area contributed by atoms with Gasteiger partial charge in [-0.15, -0.1) is 0 Å². The molecule has 90 valence electrons. The molecule has 0 spiro atoms. The fourth-order valence-electron chi connectivity index (χ4n) is 1.66. The smallest absolute Gasteiger partial charge is 0.121 e. The van der Waals surface area contributed by atoms with Crippen molar-refractivity contribution in [3.8, 4) is 0 Å². The van der Waals surface area contributed by atoms with Crippen molar-refractivity contribution in [1.29, 1.82) is 0 Å². The first kappa shape index (κ1) is 11.7. The van der Waals surface area contributed by atoms with Gasteiger partial charge in [0.1, 0.15) is 11.4 Å². The van der Waals surface area contributed by atoms with Crippen molar-refractivity contribution in [2.75, 3.05) is 0 Å². The fraction of sp³-hybridized carbons (Fsp3) is 0.417. The summed E-state index contributed by atoms with van der Waals surface area (Å²) in [4.78, 5) is 4.37. The molecule has 0 radical (unpaired) electrons. The van der Waals surface area contributed by atoms with Crippen molar-refractivity contribution in [1.82, 2.24) is 20.6 Å². The van der Waals surface area contributed by atoms with Crippen molar-refractivity contribution in [3.05, 3.63) is 41.0 Å². The summed E-state index contributed by atoms with van der Waals surface area (Å²) < 4.78 is 4.64. The Kier molecular flexibility index (Phi) is 3.82. The van der Waals surface area contributed by atoms with Gasteiger partial charge in [0.25, 0.3) is 0 Å². The summed E-state index contributed by atoms with van der Waals surface area (Å²) in [5, 5.41) is 10.8. The molecule has 0 aliphatic rings. The maximum absolute atomic E-state index is 4.64. The van der Waals surface area contributed by atoms with E-state index in [4.69, 9.17) is 0 Å². The lowest BCUT2D eigenvalue weighted by Crippen LogP contribution is -2.15. The molecule has 2 aromatic rings. The molecule has 2 aromatic heterocycles. The largest absolute Gasteiger partial charge is 0.305 e. The summed E-state index contributed by atoms with van der Waals surface area (Å²) in [5.74, 6) is 0. The van der Waals surface area contributed by atoms with Crippen LogP contribution in [0.4, 0.5) is 0 Å². The van der Waals surface area contributed by atoms with Gasteiger partial charge in [-0.25, -0.2) is 4.63 Å². The van der Waals surface area contributed by atoms with Crippen molar-refractivity contribution in [3.63, 3.8) is 0 Å². The first-order valence-corrected chi connectivity index (χ1v) is 5.72. The van der Waals surface area contributed by atoms with E-state index in [1.807, 2.05) is 19.2 Å². The van der Waals surface area contributed by atoms with Crippen LogP contribution in [0.1, 0.15) is 29.6 Å². The second-order valence-corrected chi connectivity index (χ2v) is 3.86. The van der Waals surface area contributed by atoms with Crippen LogP contribution in [0.25, 0.3) is 0 Å². The normalized spacial score (nSPS) is 10.7. The number of rotatable bonds is 5. The van der Waals surface area contributed by atoms with Gasteiger partial charge in [-0.05, 0) is 25.0 Å². The SMILES string of the molecule is CCc1cccnc1CNCc1nonc1C. The summed E-state index contributed by atoms with van der Waals surface area (Å²) in [6.45, 7) is 5.39. The Labute approximate surface area is 100 Å².